The molecule has 1 atom stereocenters. The Morgan fingerprint density at radius 3 is 2.17 bits per heavy atom. The summed E-state index contributed by atoms with van der Waals surface area (Å²) in [5.41, 5.74) is 2.39. The normalized spacial score (nSPS) is 28.6. The summed E-state index contributed by atoms with van der Waals surface area (Å²) in [5, 5.41) is 0. The molecule has 1 aromatic carbocycles. The van der Waals surface area contributed by atoms with Crippen LogP contribution >= 0.6 is 0 Å². The molecule has 98 valence electrons. The van der Waals surface area contributed by atoms with Crippen molar-refractivity contribution in [2.75, 3.05) is 0 Å². The van der Waals surface area contributed by atoms with Gasteiger partial charge in [0.1, 0.15) is 5.78 Å². The van der Waals surface area contributed by atoms with Gasteiger partial charge >= 0.3 is 0 Å². The molecule has 0 fully saturated rings. The minimum absolute atomic E-state index is 0.00225. The van der Waals surface area contributed by atoms with Crippen molar-refractivity contribution in [3.05, 3.63) is 35.4 Å². The van der Waals surface area contributed by atoms with E-state index < -0.39 is 0 Å². The Kier molecular flexibility index (Phi) is 2.73. The van der Waals surface area contributed by atoms with E-state index in [1.165, 1.54) is 11.1 Å². The molecular formula is C17H24O. The van der Waals surface area contributed by atoms with Crippen LogP contribution in [-0.2, 0) is 16.6 Å². The number of fused-ring (bicyclic) bond motifs is 1. The topological polar surface area (TPSA) is 17.1 Å². The van der Waals surface area contributed by atoms with Crippen LogP contribution in [-0.4, -0.2) is 5.78 Å². The second kappa shape index (κ2) is 3.69. The number of ketones is 1. The van der Waals surface area contributed by atoms with Gasteiger partial charge in [-0.15, -0.1) is 0 Å². The summed E-state index contributed by atoms with van der Waals surface area (Å²) in [7, 11) is 0. The molecule has 0 aromatic heterocycles. The smallest absolute Gasteiger partial charge is 0.136 e. The highest BCUT2D eigenvalue weighted by Crippen LogP contribution is 2.58. The summed E-state index contributed by atoms with van der Waals surface area (Å²) in [6.07, 6.45) is 0.856. The van der Waals surface area contributed by atoms with Crippen molar-refractivity contribution < 1.29 is 4.79 Å². The molecule has 0 heterocycles. The fourth-order valence-electron chi connectivity index (χ4n) is 3.48. The Hall–Kier alpha value is -1.11. The highest BCUT2D eigenvalue weighted by atomic mass is 16.1. The molecule has 0 radical (unpaired) electrons. The van der Waals surface area contributed by atoms with E-state index in [0.29, 0.717) is 5.78 Å². The molecule has 1 aliphatic carbocycles. The Labute approximate surface area is 111 Å². The number of hydrogen-bond acceptors (Lipinski definition) is 1. The monoisotopic (exact) mass is 244 g/mol. The van der Waals surface area contributed by atoms with E-state index in [1.54, 1.807) is 6.92 Å². The standard InChI is InChI=1S/C17H24O/c1-12(18)17(6)11-13-9-7-8-10-14(13)15(2,3)16(17,4)5/h7-10H,11H2,1-6H3. The van der Waals surface area contributed by atoms with Crippen molar-refractivity contribution in [1.29, 1.82) is 0 Å². The molecule has 0 aliphatic heterocycles. The fourth-order valence-corrected chi connectivity index (χ4v) is 3.48. The molecule has 1 heteroatoms. The lowest BCUT2D eigenvalue weighted by Crippen LogP contribution is -2.56. The van der Waals surface area contributed by atoms with Crippen LogP contribution in [0.25, 0.3) is 0 Å². The van der Waals surface area contributed by atoms with Crippen LogP contribution in [0.15, 0.2) is 24.3 Å². The average molecular weight is 244 g/mol. The maximum Gasteiger partial charge on any atom is 0.136 e. The zero-order chi connectivity index (χ0) is 13.8. The summed E-state index contributed by atoms with van der Waals surface area (Å²) in [4.78, 5) is 12.2. The third-order valence-corrected chi connectivity index (χ3v) is 5.95. The van der Waals surface area contributed by atoms with Crippen LogP contribution in [0.5, 0.6) is 0 Å². The Balaban J connectivity index is 2.72. The van der Waals surface area contributed by atoms with Gasteiger partial charge in [0.2, 0.25) is 0 Å². The number of Topliss-reactive ketones (excluding diaryl/α,β-unsaturated/α-hetero) is 1. The van der Waals surface area contributed by atoms with Gasteiger partial charge in [0.05, 0.1) is 0 Å². The van der Waals surface area contributed by atoms with E-state index in [9.17, 15) is 4.79 Å². The Bertz CT molecular complexity index is 496. The van der Waals surface area contributed by atoms with Gasteiger partial charge in [-0.05, 0) is 35.3 Å². The van der Waals surface area contributed by atoms with Crippen LogP contribution in [0.3, 0.4) is 0 Å². The first-order valence-corrected chi connectivity index (χ1v) is 6.74. The van der Waals surface area contributed by atoms with Crippen LogP contribution in [0.4, 0.5) is 0 Å². The molecule has 0 saturated heterocycles. The van der Waals surface area contributed by atoms with E-state index >= 15 is 0 Å². The number of carbonyl (C=O) groups is 1. The molecule has 0 amide bonds. The van der Waals surface area contributed by atoms with Gasteiger partial charge in [-0.3, -0.25) is 4.79 Å². The molecule has 0 saturated carbocycles. The van der Waals surface area contributed by atoms with Crippen molar-refractivity contribution in [3.63, 3.8) is 0 Å². The summed E-state index contributed by atoms with van der Waals surface area (Å²) >= 11 is 0. The van der Waals surface area contributed by atoms with Gasteiger partial charge in [0.25, 0.3) is 0 Å². The molecule has 1 aliphatic rings. The Morgan fingerprint density at radius 1 is 1.06 bits per heavy atom. The molecular weight excluding hydrogens is 220 g/mol. The Morgan fingerprint density at radius 2 is 1.61 bits per heavy atom. The van der Waals surface area contributed by atoms with E-state index in [-0.39, 0.29) is 16.2 Å². The van der Waals surface area contributed by atoms with Crippen LogP contribution in [0.1, 0.15) is 52.7 Å². The van der Waals surface area contributed by atoms with E-state index in [0.717, 1.165) is 6.42 Å². The first kappa shape index (κ1) is 13.3. The molecule has 0 N–H and O–H groups in total. The minimum Gasteiger partial charge on any atom is -0.299 e. The first-order valence-electron chi connectivity index (χ1n) is 6.74. The SMILES string of the molecule is CC(=O)C1(C)Cc2ccccc2C(C)(C)C1(C)C. The van der Waals surface area contributed by atoms with Crippen molar-refractivity contribution in [2.24, 2.45) is 10.8 Å². The van der Waals surface area contributed by atoms with Crippen molar-refractivity contribution in [1.82, 2.24) is 0 Å². The third-order valence-electron chi connectivity index (χ3n) is 5.95. The second-order valence-corrected chi connectivity index (χ2v) is 6.97. The highest BCUT2D eigenvalue weighted by Gasteiger charge is 2.57. The van der Waals surface area contributed by atoms with Gasteiger partial charge in [-0.1, -0.05) is 58.9 Å². The van der Waals surface area contributed by atoms with Crippen molar-refractivity contribution in [3.8, 4) is 0 Å². The van der Waals surface area contributed by atoms with Crippen LogP contribution in [0, 0.1) is 10.8 Å². The number of hydrogen-bond donors (Lipinski definition) is 0. The third kappa shape index (κ3) is 1.43. The predicted molar refractivity (Wildman–Crippen MR) is 75.7 cm³/mol. The second-order valence-electron chi connectivity index (χ2n) is 6.97. The number of benzene rings is 1. The lowest BCUT2D eigenvalue weighted by molar-refractivity contribution is -0.137. The van der Waals surface area contributed by atoms with Gasteiger partial charge in [-0.25, -0.2) is 0 Å². The maximum absolute atomic E-state index is 12.2. The van der Waals surface area contributed by atoms with Gasteiger partial charge < -0.3 is 0 Å². The molecule has 1 aromatic rings. The van der Waals surface area contributed by atoms with Gasteiger partial charge in [0.15, 0.2) is 0 Å². The lowest BCUT2D eigenvalue weighted by Gasteiger charge is -2.57. The lowest BCUT2D eigenvalue weighted by atomic mass is 9.46. The first-order chi connectivity index (χ1) is 8.14. The molecule has 0 bridgehead atoms. The number of rotatable bonds is 1. The average Bonchev–Trinajstić information content (AvgIpc) is 2.27. The quantitative estimate of drug-likeness (QED) is 0.725. The molecule has 18 heavy (non-hydrogen) atoms. The van der Waals surface area contributed by atoms with Crippen LogP contribution in [0.2, 0.25) is 0 Å². The predicted octanol–water partition coefficient (Wildman–Crippen LogP) is 4.14. The molecule has 0 spiro atoms. The van der Waals surface area contributed by atoms with Gasteiger partial charge in [-0.2, -0.15) is 0 Å². The van der Waals surface area contributed by atoms with Gasteiger partial charge in [0, 0.05) is 5.41 Å². The van der Waals surface area contributed by atoms with E-state index in [1.807, 2.05) is 0 Å². The fraction of sp³-hybridized carbons (Fsp3) is 0.588. The summed E-state index contributed by atoms with van der Waals surface area (Å²) < 4.78 is 0. The van der Waals surface area contributed by atoms with E-state index in [2.05, 4.69) is 58.9 Å². The summed E-state index contributed by atoms with van der Waals surface area (Å²) in [6, 6.07) is 8.57. The van der Waals surface area contributed by atoms with E-state index in [4.69, 9.17) is 0 Å². The molecule has 1 unspecified atom stereocenters. The summed E-state index contributed by atoms with van der Waals surface area (Å²) in [5.74, 6) is 0.301. The van der Waals surface area contributed by atoms with Crippen LogP contribution < -0.4 is 0 Å². The largest absolute Gasteiger partial charge is 0.299 e. The summed E-state index contributed by atoms with van der Waals surface area (Å²) in [6.45, 7) is 12.9. The van der Waals surface area contributed by atoms with Crippen molar-refractivity contribution in [2.45, 2.75) is 53.4 Å². The minimum atomic E-state index is -0.287. The zero-order valence-corrected chi connectivity index (χ0v) is 12.4. The van der Waals surface area contributed by atoms with Crippen molar-refractivity contribution >= 4 is 5.78 Å². The molecule has 2 rings (SSSR count). The highest BCUT2D eigenvalue weighted by molar-refractivity contribution is 5.84. The zero-order valence-electron chi connectivity index (χ0n) is 12.4. The molecule has 1 nitrogen and oxygen atoms in total. The number of carbonyl (C=O) groups excluding carboxylic acids is 1. The maximum atomic E-state index is 12.2.